The molecule has 0 saturated heterocycles. The number of nitrogens with zero attached hydrogens (tertiary/aromatic N) is 1. The van der Waals surface area contributed by atoms with Gasteiger partial charge in [0, 0.05) is 6.54 Å². The van der Waals surface area contributed by atoms with Crippen molar-refractivity contribution in [2.45, 2.75) is 6.42 Å². The molecule has 0 saturated carbocycles. The van der Waals surface area contributed by atoms with E-state index in [-0.39, 0.29) is 17.3 Å². The maximum Gasteiger partial charge on any atom is 0.243 e. The van der Waals surface area contributed by atoms with Crippen LogP contribution in [0.1, 0.15) is 5.56 Å². The zero-order chi connectivity index (χ0) is 12.0. The van der Waals surface area contributed by atoms with E-state index in [1.165, 1.54) is 18.2 Å². The molecular formula is C11H12N2O3. The van der Waals surface area contributed by atoms with Crippen molar-refractivity contribution in [1.29, 1.82) is 0 Å². The first-order valence-corrected chi connectivity index (χ1v) is 4.73. The third-order valence-corrected chi connectivity index (χ3v) is 2.04. The SMILES string of the molecule is C=CC(=O)NCCc1ccc(O)c(N=O)c1. The summed E-state index contributed by atoms with van der Waals surface area (Å²) >= 11 is 0. The number of amides is 1. The second kappa shape index (κ2) is 5.65. The Morgan fingerprint density at radius 2 is 2.31 bits per heavy atom. The first-order valence-electron chi connectivity index (χ1n) is 4.73. The first kappa shape index (κ1) is 11.9. The molecule has 1 aromatic carbocycles. The van der Waals surface area contributed by atoms with Crippen LogP contribution >= 0.6 is 0 Å². The molecule has 0 heterocycles. The van der Waals surface area contributed by atoms with Crippen molar-refractivity contribution in [2.75, 3.05) is 6.54 Å². The molecule has 84 valence electrons. The lowest BCUT2D eigenvalue weighted by molar-refractivity contribution is -0.116. The number of hydrogen-bond donors (Lipinski definition) is 2. The number of phenolic OH excluding ortho intramolecular Hbond substituents is 1. The summed E-state index contributed by atoms with van der Waals surface area (Å²) in [6.07, 6.45) is 1.75. The summed E-state index contributed by atoms with van der Waals surface area (Å²) in [4.78, 5) is 21.2. The summed E-state index contributed by atoms with van der Waals surface area (Å²) in [6.45, 7) is 3.76. The minimum atomic E-state index is -0.243. The molecule has 0 spiro atoms. The summed E-state index contributed by atoms with van der Waals surface area (Å²) < 4.78 is 0. The number of carbonyl (C=O) groups is 1. The highest BCUT2D eigenvalue weighted by Crippen LogP contribution is 2.26. The van der Waals surface area contributed by atoms with Crippen molar-refractivity contribution >= 4 is 11.6 Å². The smallest absolute Gasteiger partial charge is 0.243 e. The van der Waals surface area contributed by atoms with Gasteiger partial charge in [0.2, 0.25) is 5.91 Å². The normalized spacial score (nSPS) is 9.50. The molecule has 0 atom stereocenters. The van der Waals surface area contributed by atoms with Crippen LogP contribution in [0.2, 0.25) is 0 Å². The number of rotatable bonds is 5. The minimum absolute atomic E-state index is 0.00699. The highest BCUT2D eigenvalue weighted by molar-refractivity contribution is 5.86. The van der Waals surface area contributed by atoms with Crippen molar-refractivity contribution in [2.24, 2.45) is 5.18 Å². The van der Waals surface area contributed by atoms with Crippen molar-refractivity contribution in [1.82, 2.24) is 5.32 Å². The Bertz CT molecular complexity index is 416. The Morgan fingerprint density at radius 1 is 1.56 bits per heavy atom. The molecule has 0 aliphatic heterocycles. The van der Waals surface area contributed by atoms with Crippen LogP contribution in [0.4, 0.5) is 5.69 Å². The van der Waals surface area contributed by atoms with Crippen LogP contribution in [-0.4, -0.2) is 17.6 Å². The molecule has 2 N–H and O–H groups in total. The molecule has 5 nitrogen and oxygen atoms in total. The molecule has 1 amide bonds. The van der Waals surface area contributed by atoms with Crippen LogP contribution in [0.25, 0.3) is 0 Å². The van der Waals surface area contributed by atoms with Crippen LogP contribution < -0.4 is 5.32 Å². The van der Waals surface area contributed by atoms with Crippen molar-refractivity contribution in [3.05, 3.63) is 41.3 Å². The van der Waals surface area contributed by atoms with Gasteiger partial charge in [-0.05, 0) is 35.4 Å². The summed E-state index contributed by atoms with van der Waals surface area (Å²) in [6, 6.07) is 4.56. The van der Waals surface area contributed by atoms with Gasteiger partial charge in [-0.2, -0.15) is 0 Å². The summed E-state index contributed by atoms with van der Waals surface area (Å²) in [5.74, 6) is -0.388. The zero-order valence-corrected chi connectivity index (χ0v) is 8.64. The van der Waals surface area contributed by atoms with Gasteiger partial charge in [-0.25, -0.2) is 0 Å². The molecule has 0 fully saturated rings. The number of carbonyl (C=O) groups excluding carboxylic acids is 1. The number of hydrogen-bond acceptors (Lipinski definition) is 4. The largest absolute Gasteiger partial charge is 0.506 e. The predicted octanol–water partition coefficient (Wildman–Crippen LogP) is 1.63. The van der Waals surface area contributed by atoms with Crippen molar-refractivity contribution in [3.63, 3.8) is 0 Å². The number of nitrogens with one attached hydrogen (secondary N) is 1. The van der Waals surface area contributed by atoms with Gasteiger partial charge in [-0.1, -0.05) is 12.6 Å². The molecule has 16 heavy (non-hydrogen) atoms. The van der Waals surface area contributed by atoms with Gasteiger partial charge in [0.05, 0.1) is 0 Å². The van der Waals surface area contributed by atoms with Crippen molar-refractivity contribution in [3.8, 4) is 5.75 Å². The molecule has 0 aromatic heterocycles. The number of aromatic hydroxyl groups is 1. The quantitative estimate of drug-likeness (QED) is 0.584. The maximum atomic E-state index is 10.8. The molecule has 0 aliphatic rings. The third-order valence-electron chi connectivity index (χ3n) is 2.04. The van der Waals surface area contributed by atoms with Gasteiger partial charge in [-0.3, -0.25) is 4.79 Å². The molecule has 1 aromatic rings. The zero-order valence-electron chi connectivity index (χ0n) is 8.64. The van der Waals surface area contributed by atoms with Crippen LogP contribution in [0, 0.1) is 4.91 Å². The molecule has 5 heteroatoms. The fraction of sp³-hybridized carbons (Fsp3) is 0.182. The lowest BCUT2D eigenvalue weighted by atomic mass is 10.1. The van der Waals surface area contributed by atoms with Gasteiger partial charge in [0.25, 0.3) is 0 Å². The van der Waals surface area contributed by atoms with E-state index in [4.69, 9.17) is 0 Å². The second-order valence-electron chi connectivity index (χ2n) is 3.16. The van der Waals surface area contributed by atoms with Gasteiger partial charge in [-0.15, -0.1) is 4.91 Å². The highest BCUT2D eigenvalue weighted by atomic mass is 16.3. The highest BCUT2D eigenvalue weighted by Gasteiger charge is 2.03. The Morgan fingerprint density at radius 3 is 2.94 bits per heavy atom. The molecule has 0 radical (unpaired) electrons. The monoisotopic (exact) mass is 220 g/mol. The van der Waals surface area contributed by atoms with Crippen LogP contribution in [0.3, 0.4) is 0 Å². The Labute approximate surface area is 92.8 Å². The molecule has 1 rings (SSSR count). The van der Waals surface area contributed by atoms with E-state index in [9.17, 15) is 14.8 Å². The molecule has 0 aliphatic carbocycles. The van der Waals surface area contributed by atoms with Gasteiger partial charge in [0.15, 0.2) is 0 Å². The van der Waals surface area contributed by atoms with Gasteiger partial charge < -0.3 is 10.4 Å². The fourth-order valence-electron chi connectivity index (χ4n) is 1.20. The van der Waals surface area contributed by atoms with Crippen LogP contribution in [-0.2, 0) is 11.2 Å². The minimum Gasteiger partial charge on any atom is -0.506 e. The standard InChI is InChI=1S/C11H12N2O3/c1-2-11(15)12-6-5-8-3-4-10(14)9(7-8)13-16/h2-4,7,14H,1,5-6H2,(H,12,15). The maximum absolute atomic E-state index is 10.8. The van der Waals surface area contributed by atoms with E-state index in [1.54, 1.807) is 6.07 Å². The van der Waals surface area contributed by atoms with E-state index >= 15 is 0 Å². The Hall–Kier alpha value is -2.17. The predicted molar refractivity (Wildman–Crippen MR) is 60.5 cm³/mol. The van der Waals surface area contributed by atoms with E-state index in [2.05, 4.69) is 17.1 Å². The van der Waals surface area contributed by atoms with E-state index in [0.717, 1.165) is 5.56 Å². The fourth-order valence-corrected chi connectivity index (χ4v) is 1.20. The average Bonchev–Trinajstić information content (AvgIpc) is 2.31. The molecule has 0 unspecified atom stereocenters. The molecular weight excluding hydrogens is 208 g/mol. The second-order valence-corrected chi connectivity index (χ2v) is 3.16. The first-order chi connectivity index (χ1) is 7.67. The Balaban J connectivity index is 2.57. The van der Waals surface area contributed by atoms with Crippen LogP contribution in [0.5, 0.6) is 5.75 Å². The summed E-state index contributed by atoms with van der Waals surface area (Å²) in [7, 11) is 0. The third kappa shape index (κ3) is 3.20. The topological polar surface area (TPSA) is 78.8 Å². The number of nitroso groups, excluding NO2 is 1. The van der Waals surface area contributed by atoms with Crippen molar-refractivity contribution < 1.29 is 9.90 Å². The number of phenols is 1. The van der Waals surface area contributed by atoms with Gasteiger partial charge >= 0.3 is 0 Å². The van der Waals surface area contributed by atoms with E-state index < -0.39 is 0 Å². The molecule has 0 bridgehead atoms. The summed E-state index contributed by atoms with van der Waals surface area (Å²) in [5, 5.41) is 14.5. The lowest BCUT2D eigenvalue weighted by Gasteiger charge is -2.03. The van der Waals surface area contributed by atoms with Crippen LogP contribution in [0.15, 0.2) is 36.0 Å². The van der Waals surface area contributed by atoms with E-state index in [0.29, 0.717) is 13.0 Å². The van der Waals surface area contributed by atoms with Gasteiger partial charge in [0.1, 0.15) is 11.4 Å². The summed E-state index contributed by atoms with van der Waals surface area (Å²) in [5.41, 5.74) is 0.823. The Kier molecular flexibility index (Phi) is 4.20. The number of benzene rings is 1. The van der Waals surface area contributed by atoms with E-state index in [1.807, 2.05) is 0 Å². The average molecular weight is 220 g/mol. The lowest BCUT2D eigenvalue weighted by Crippen LogP contribution is -2.23.